The molecule has 0 aliphatic heterocycles. The predicted octanol–water partition coefficient (Wildman–Crippen LogP) is 3.15. The summed E-state index contributed by atoms with van der Waals surface area (Å²) in [5.74, 6) is -1.42. The lowest BCUT2D eigenvalue weighted by Crippen LogP contribution is -2.27. The fraction of sp³-hybridized carbons (Fsp3) is 0.105. The standard InChI is InChI=1S/C19H15FN4O4/c1-11-7-8-13(24(27)28)10-15(11)21-19(26)18-17(25)9-12(2)23(22-18)16-6-4-3-5-14(16)20/h3-10H,1-2H3,(H,21,26). The van der Waals surface area contributed by atoms with Crippen molar-refractivity contribution in [3.05, 3.63) is 91.6 Å². The summed E-state index contributed by atoms with van der Waals surface area (Å²) < 4.78 is 15.3. The number of nitro benzene ring substituents is 1. The minimum absolute atomic E-state index is 0.0839. The number of rotatable bonds is 4. The summed E-state index contributed by atoms with van der Waals surface area (Å²) in [5, 5.41) is 17.4. The Morgan fingerprint density at radius 1 is 1.18 bits per heavy atom. The molecule has 0 spiro atoms. The van der Waals surface area contributed by atoms with Crippen molar-refractivity contribution in [1.82, 2.24) is 9.78 Å². The number of carbonyl (C=O) groups is 1. The van der Waals surface area contributed by atoms with Crippen LogP contribution in [0.3, 0.4) is 0 Å². The fourth-order valence-electron chi connectivity index (χ4n) is 2.61. The molecule has 9 heteroatoms. The summed E-state index contributed by atoms with van der Waals surface area (Å²) in [6.45, 7) is 3.22. The molecule has 0 bridgehead atoms. The number of aryl methyl sites for hydroxylation is 2. The minimum atomic E-state index is -0.848. The molecular weight excluding hydrogens is 367 g/mol. The molecule has 142 valence electrons. The number of non-ortho nitro benzene ring substituents is 1. The molecule has 2 aromatic carbocycles. The van der Waals surface area contributed by atoms with Crippen LogP contribution < -0.4 is 10.7 Å². The Bertz CT molecular complexity index is 1160. The zero-order valence-corrected chi connectivity index (χ0v) is 15.0. The molecular formula is C19H15FN4O4. The lowest BCUT2D eigenvalue weighted by Gasteiger charge is -2.12. The second-order valence-corrected chi connectivity index (χ2v) is 6.07. The number of hydrogen-bond donors (Lipinski definition) is 1. The molecule has 1 heterocycles. The molecule has 0 aliphatic carbocycles. The molecule has 0 unspecified atom stereocenters. The average Bonchev–Trinajstić information content (AvgIpc) is 2.64. The normalized spacial score (nSPS) is 10.5. The van der Waals surface area contributed by atoms with Crippen molar-refractivity contribution in [1.29, 1.82) is 0 Å². The van der Waals surface area contributed by atoms with Crippen molar-refractivity contribution in [2.45, 2.75) is 13.8 Å². The van der Waals surface area contributed by atoms with E-state index in [0.717, 1.165) is 4.68 Å². The number of aromatic nitrogens is 2. The molecule has 3 aromatic rings. The molecule has 28 heavy (non-hydrogen) atoms. The molecule has 0 saturated heterocycles. The number of nitro groups is 1. The first-order valence-electron chi connectivity index (χ1n) is 8.20. The van der Waals surface area contributed by atoms with E-state index in [1.54, 1.807) is 19.9 Å². The summed E-state index contributed by atoms with van der Waals surface area (Å²) in [5.41, 5.74) is -0.135. The van der Waals surface area contributed by atoms with Gasteiger partial charge in [-0.1, -0.05) is 18.2 Å². The van der Waals surface area contributed by atoms with Gasteiger partial charge in [0.05, 0.1) is 10.6 Å². The van der Waals surface area contributed by atoms with Crippen LogP contribution in [0.5, 0.6) is 0 Å². The molecule has 0 saturated carbocycles. The molecule has 1 aromatic heterocycles. The number of hydrogen-bond acceptors (Lipinski definition) is 5. The Kier molecular flexibility index (Phi) is 4.99. The molecule has 1 amide bonds. The van der Waals surface area contributed by atoms with Gasteiger partial charge >= 0.3 is 0 Å². The van der Waals surface area contributed by atoms with Gasteiger partial charge in [-0.05, 0) is 31.5 Å². The van der Waals surface area contributed by atoms with Gasteiger partial charge in [0.15, 0.2) is 5.69 Å². The van der Waals surface area contributed by atoms with Gasteiger partial charge in [-0.25, -0.2) is 9.07 Å². The molecule has 8 nitrogen and oxygen atoms in total. The second-order valence-electron chi connectivity index (χ2n) is 6.07. The van der Waals surface area contributed by atoms with E-state index >= 15 is 0 Å². The monoisotopic (exact) mass is 382 g/mol. The number of anilines is 1. The van der Waals surface area contributed by atoms with Gasteiger partial charge in [0.25, 0.3) is 11.6 Å². The van der Waals surface area contributed by atoms with Gasteiger partial charge < -0.3 is 5.32 Å². The fourth-order valence-corrected chi connectivity index (χ4v) is 2.61. The number of nitrogens with zero attached hydrogens (tertiary/aromatic N) is 3. The summed E-state index contributed by atoms with van der Waals surface area (Å²) >= 11 is 0. The number of carbonyl (C=O) groups excluding carboxylic acids is 1. The van der Waals surface area contributed by atoms with Gasteiger partial charge in [0.1, 0.15) is 11.5 Å². The van der Waals surface area contributed by atoms with Gasteiger partial charge in [-0.15, -0.1) is 0 Å². The van der Waals surface area contributed by atoms with E-state index in [4.69, 9.17) is 0 Å². The maximum Gasteiger partial charge on any atom is 0.280 e. The van der Waals surface area contributed by atoms with E-state index in [1.807, 2.05) is 0 Å². The zero-order chi connectivity index (χ0) is 20.4. The smallest absolute Gasteiger partial charge is 0.280 e. The largest absolute Gasteiger partial charge is 0.320 e. The lowest BCUT2D eigenvalue weighted by atomic mass is 10.1. The van der Waals surface area contributed by atoms with Crippen LogP contribution >= 0.6 is 0 Å². The van der Waals surface area contributed by atoms with Crippen LogP contribution in [-0.2, 0) is 0 Å². The maximum absolute atomic E-state index is 14.1. The van der Waals surface area contributed by atoms with Crippen molar-refractivity contribution >= 4 is 17.3 Å². The Labute approximate surface area is 158 Å². The molecule has 0 atom stereocenters. The molecule has 1 N–H and O–H groups in total. The number of amides is 1. The summed E-state index contributed by atoms with van der Waals surface area (Å²) in [7, 11) is 0. The Hall–Kier alpha value is -3.88. The van der Waals surface area contributed by atoms with Crippen LogP contribution in [0.4, 0.5) is 15.8 Å². The van der Waals surface area contributed by atoms with Crippen LogP contribution in [0.25, 0.3) is 5.69 Å². The van der Waals surface area contributed by atoms with Crippen LogP contribution in [0.2, 0.25) is 0 Å². The van der Waals surface area contributed by atoms with Crippen molar-refractivity contribution in [2.75, 3.05) is 5.32 Å². The van der Waals surface area contributed by atoms with Crippen molar-refractivity contribution < 1.29 is 14.1 Å². The Morgan fingerprint density at radius 2 is 1.89 bits per heavy atom. The highest BCUT2D eigenvalue weighted by Gasteiger charge is 2.18. The van der Waals surface area contributed by atoms with E-state index in [1.165, 1.54) is 42.5 Å². The van der Waals surface area contributed by atoms with E-state index in [9.17, 15) is 24.1 Å². The quantitative estimate of drug-likeness (QED) is 0.551. The van der Waals surface area contributed by atoms with Crippen molar-refractivity contribution in [3.8, 4) is 5.69 Å². The van der Waals surface area contributed by atoms with Gasteiger partial charge in [-0.3, -0.25) is 19.7 Å². The maximum atomic E-state index is 14.1. The third-order valence-corrected chi connectivity index (χ3v) is 4.08. The van der Waals surface area contributed by atoms with Crippen LogP contribution in [0.1, 0.15) is 21.7 Å². The van der Waals surface area contributed by atoms with Gasteiger partial charge in [0.2, 0.25) is 5.43 Å². The van der Waals surface area contributed by atoms with E-state index in [2.05, 4.69) is 10.4 Å². The average molecular weight is 382 g/mol. The predicted molar refractivity (Wildman–Crippen MR) is 100 cm³/mol. The summed E-state index contributed by atoms with van der Waals surface area (Å²) in [4.78, 5) is 35.2. The van der Waals surface area contributed by atoms with E-state index in [0.29, 0.717) is 11.3 Å². The number of para-hydroxylation sites is 1. The zero-order valence-electron chi connectivity index (χ0n) is 15.0. The highest BCUT2D eigenvalue weighted by atomic mass is 19.1. The summed E-state index contributed by atoms with van der Waals surface area (Å²) in [6.07, 6.45) is 0. The Balaban J connectivity index is 2.03. The third-order valence-electron chi connectivity index (χ3n) is 4.08. The highest BCUT2D eigenvalue weighted by Crippen LogP contribution is 2.22. The molecule has 0 aliphatic rings. The van der Waals surface area contributed by atoms with E-state index in [-0.39, 0.29) is 17.1 Å². The van der Waals surface area contributed by atoms with Gasteiger partial charge in [-0.2, -0.15) is 5.10 Å². The number of benzene rings is 2. The van der Waals surface area contributed by atoms with Crippen LogP contribution in [-0.4, -0.2) is 20.6 Å². The third kappa shape index (κ3) is 3.63. The van der Waals surface area contributed by atoms with Crippen molar-refractivity contribution in [2.24, 2.45) is 0 Å². The second kappa shape index (κ2) is 7.39. The first-order valence-corrected chi connectivity index (χ1v) is 8.20. The molecule has 0 radical (unpaired) electrons. The van der Waals surface area contributed by atoms with E-state index < -0.39 is 27.8 Å². The van der Waals surface area contributed by atoms with Crippen LogP contribution in [0.15, 0.2) is 53.3 Å². The first kappa shape index (κ1) is 18.9. The Morgan fingerprint density at radius 3 is 2.57 bits per heavy atom. The van der Waals surface area contributed by atoms with Gasteiger partial charge in [0, 0.05) is 23.9 Å². The number of halogens is 1. The molecule has 0 fully saturated rings. The molecule has 3 rings (SSSR count). The number of nitrogens with one attached hydrogen (secondary N) is 1. The topological polar surface area (TPSA) is 107 Å². The van der Waals surface area contributed by atoms with Crippen LogP contribution in [0, 0.1) is 29.8 Å². The van der Waals surface area contributed by atoms with Crippen molar-refractivity contribution in [3.63, 3.8) is 0 Å². The minimum Gasteiger partial charge on any atom is -0.320 e. The first-order chi connectivity index (χ1) is 13.3. The summed E-state index contributed by atoms with van der Waals surface area (Å²) in [6, 6.07) is 11.0. The SMILES string of the molecule is Cc1ccc([N+](=O)[O-])cc1NC(=O)c1nn(-c2ccccc2F)c(C)cc1=O. The lowest BCUT2D eigenvalue weighted by molar-refractivity contribution is -0.384. The highest BCUT2D eigenvalue weighted by molar-refractivity contribution is 6.03.